The molecule has 0 atom stereocenters. The average Bonchev–Trinajstić information content (AvgIpc) is 3.27. The molecule has 5 rings (SSSR count). The monoisotopic (exact) mass is 452 g/mol. The molecular formula is C24H21ClN2O3S. The topological polar surface area (TPSA) is 50.8 Å². The molecule has 3 aromatic rings. The van der Waals surface area contributed by atoms with Crippen LogP contribution in [0.15, 0.2) is 65.6 Å². The fourth-order valence-electron chi connectivity index (χ4n) is 3.72. The van der Waals surface area contributed by atoms with Gasteiger partial charge in [-0.15, -0.1) is 11.8 Å². The molecule has 158 valence electrons. The summed E-state index contributed by atoms with van der Waals surface area (Å²) in [5, 5.41) is 3.74. The largest absolute Gasteiger partial charge is 0.454 e. The number of hydrogen-bond donors (Lipinski definition) is 1. The number of benzene rings is 3. The Morgan fingerprint density at radius 1 is 1.00 bits per heavy atom. The van der Waals surface area contributed by atoms with E-state index >= 15 is 0 Å². The van der Waals surface area contributed by atoms with Gasteiger partial charge in [0.2, 0.25) is 6.79 Å². The summed E-state index contributed by atoms with van der Waals surface area (Å²) in [7, 11) is 0. The fraction of sp³-hybridized carbons (Fsp3) is 0.208. The van der Waals surface area contributed by atoms with Gasteiger partial charge in [0.1, 0.15) is 0 Å². The van der Waals surface area contributed by atoms with E-state index in [9.17, 15) is 4.79 Å². The number of rotatable bonds is 5. The molecule has 1 amide bonds. The van der Waals surface area contributed by atoms with Crippen molar-refractivity contribution >= 4 is 35.0 Å². The third-order valence-electron chi connectivity index (χ3n) is 5.36. The Labute approximate surface area is 190 Å². The molecule has 0 saturated heterocycles. The fourth-order valence-corrected chi connectivity index (χ4v) is 4.88. The van der Waals surface area contributed by atoms with Gasteiger partial charge in [0.25, 0.3) is 5.91 Å². The number of thioether (sulfide) groups is 1. The number of carbonyl (C=O) groups excluding carboxylic acids is 1. The molecule has 2 aliphatic heterocycles. The zero-order chi connectivity index (χ0) is 21.2. The van der Waals surface area contributed by atoms with Gasteiger partial charge in [-0.2, -0.15) is 0 Å². The van der Waals surface area contributed by atoms with Gasteiger partial charge >= 0.3 is 0 Å². The van der Waals surface area contributed by atoms with Crippen LogP contribution in [-0.2, 0) is 13.1 Å². The summed E-state index contributed by atoms with van der Waals surface area (Å²) >= 11 is 7.85. The molecule has 0 aliphatic carbocycles. The SMILES string of the molecule is O=C(NCc1ccc2c(c1)OCO2)c1ccc2c(c1)N(Cc1ccc(Cl)cc1)CCS2. The first-order valence-corrected chi connectivity index (χ1v) is 11.4. The summed E-state index contributed by atoms with van der Waals surface area (Å²) in [5.74, 6) is 2.39. The van der Waals surface area contributed by atoms with Crippen LogP contribution in [0.5, 0.6) is 11.5 Å². The predicted octanol–water partition coefficient (Wildman–Crippen LogP) is 5.11. The Kier molecular flexibility index (Phi) is 5.66. The molecule has 0 unspecified atom stereocenters. The molecule has 0 aromatic heterocycles. The molecule has 3 aromatic carbocycles. The van der Waals surface area contributed by atoms with Crippen LogP contribution in [0.2, 0.25) is 5.02 Å². The van der Waals surface area contributed by atoms with Crippen LogP contribution in [0.3, 0.4) is 0 Å². The predicted molar refractivity (Wildman–Crippen MR) is 123 cm³/mol. The molecular weight excluding hydrogens is 432 g/mol. The number of halogens is 1. The lowest BCUT2D eigenvalue weighted by Crippen LogP contribution is -2.29. The van der Waals surface area contributed by atoms with E-state index in [1.165, 1.54) is 10.5 Å². The van der Waals surface area contributed by atoms with E-state index in [4.69, 9.17) is 21.1 Å². The minimum Gasteiger partial charge on any atom is -0.454 e. The number of nitrogens with one attached hydrogen (secondary N) is 1. The highest BCUT2D eigenvalue weighted by Gasteiger charge is 2.20. The van der Waals surface area contributed by atoms with Crippen molar-refractivity contribution in [1.29, 1.82) is 0 Å². The zero-order valence-electron chi connectivity index (χ0n) is 16.8. The summed E-state index contributed by atoms with van der Waals surface area (Å²) in [5.41, 5.74) is 3.92. The van der Waals surface area contributed by atoms with Crippen molar-refractivity contribution in [3.05, 3.63) is 82.4 Å². The molecule has 0 fully saturated rings. The molecule has 2 heterocycles. The maximum absolute atomic E-state index is 12.8. The maximum Gasteiger partial charge on any atom is 0.251 e. The van der Waals surface area contributed by atoms with Crippen LogP contribution in [0.25, 0.3) is 0 Å². The van der Waals surface area contributed by atoms with Gasteiger partial charge in [-0.25, -0.2) is 0 Å². The normalized spacial score (nSPS) is 14.3. The third kappa shape index (κ3) is 4.45. The molecule has 0 bridgehead atoms. The van der Waals surface area contributed by atoms with Crippen molar-refractivity contribution in [2.24, 2.45) is 0 Å². The number of anilines is 1. The second kappa shape index (κ2) is 8.73. The zero-order valence-corrected chi connectivity index (χ0v) is 18.3. The molecule has 7 heteroatoms. The van der Waals surface area contributed by atoms with Gasteiger partial charge in [0, 0.05) is 40.9 Å². The highest BCUT2D eigenvalue weighted by Crippen LogP contribution is 2.36. The van der Waals surface area contributed by atoms with E-state index in [0.29, 0.717) is 12.1 Å². The summed E-state index contributed by atoms with van der Waals surface area (Å²) < 4.78 is 10.7. The van der Waals surface area contributed by atoms with Crippen LogP contribution < -0.4 is 19.7 Å². The maximum atomic E-state index is 12.8. The standard InChI is InChI=1S/C24H21ClN2O3S/c25-19-5-1-16(2-6-19)14-27-9-10-31-23-8-4-18(12-20(23)27)24(28)26-13-17-3-7-21-22(11-17)30-15-29-21/h1-8,11-12H,9-10,13-15H2,(H,26,28). The molecule has 0 radical (unpaired) electrons. The van der Waals surface area contributed by atoms with Crippen molar-refractivity contribution in [2.75, 3.05) is 24.0 Å². The van der Waals surface area contributed by atoms with Crippen molar-refractivity contribution in [3.8, 4) is 11.5 Å². The Balaban J connectivity index is 1.30. The first-order valence-electron chi connectivity index (χ1n) is 10.1. The van der Waals surface area contributed by atoms with Crippen LogP contribution in [0, 0.1) is 0 Å². The molecule has 1 N–H and O–H groups in total. The molecule has 0 saturated carbocycles. The number of carbonyl (C=O) groups is 1. The lowest BCUT2D eigenvalue weighted by atomic mass is 10.1. The van der Waals surface area contributed by atoms with Gasteiger partial charge in [-0.3, -0.25) is 4.79 Å². The lowest BCUT2D eigenvalue weighted by Gasteiger charge is -2.31. The second-order valence-electron chi connectivity index (χ2n) is 7.45. The van der Waals surface area contributed by atoms with E-state index in [1.807, 2.05) is 72.4 Å². The molecule has 0 spiro atoms. The van der Waals surface area contributed by atoms with Crippen molar-refractivity contribution in [3.63, 3.8) is 0 Å². The number of fused-ring (bicyclic) bond motifs is 2. The highest BCUT2D eigenvalue weighted by atomic mass is 35.5. The summed E-state index contributed by atoms with van der Waals surface area (Å²) in [4.78, 5) is 16.4. The number of amides is 1. The first-order chi connectivity index (χ1) is 15.2. The lowest BCUT2D eigenvalue weighted by molar-refractivity contribution is 0.0950. The third-order valence-corrected chi connectivity index (χ3v) is 6.65. The Hall–Kier alpha value is -2.83. The van der Waals surface area contributed by atoms with Crippen LogP contribution >= 0.6 is 23.4 Å². The highest BCUT2D eigenvalue weighted by molar-refractivity contribution is 7.99. The number of nitrogens with zero attached hydrogens (tertiary/aromatic N) is 1. The van der Waals surface area contributed by atoms with Crippen molar-refractivity contribution in [1.82, 2.24) is 5.32 Å². The van der Waals surface area contributed by atoms with Crippen molar-refractivity contribution < 1.29 is 14.3 Å². The first kappa shape index (κ1) is 20.1. The van der Waals surface area contributed by atoms with Gasteiger partial charge in [-0.1, -0.05) is 29.8 Å². The van der Waals surface area contributed by atoms with Gasteiger partial charge in [0.15, 0.2) is 11.5 Å². The minimum atomic E-state index is -0.0949. The second-order valence-corrected chi connectivity index (χ2v) is 9.02. The van der Waals surface area contributed by atoms with E-state index in [0.717, 1.165) is 46.6 Å². The Bertz CT molecular complexity index is 1120. The minimum absolute atomic E-state index is 0.0949. The number of hydrogen-bond acceptors (Lipinski definition) is 5. The van der Waals surface area contributed by atoms with Gasteiger partial charge in [-0.05, 0) is 53.6 Å². The average molecular weight is 453 g/mol. The van der Waals surface area contributed by atoms with E-state index in [2.05, 4.69) is 10.2 Å². The summed E-state index contributed by atoms with van der Waals surface area (Å²) in [6, 6.07) is 19.6. The smallest absolute Gasteiger partial charge is 0.251 e. The van der Waals surface area contributed by atoms with E-state index < -0.39 is 0 Å². The van der Waals surface area contributed by atoms with Gasteiger partial charge < -0.3 is 19.7 Å². The molecule has 2 aliphatic rings. The molecule has 5 nitrogen and oxygen atoms in total. The van der Waals surface area contributed by atoms with E-state index in [-0.39, 0.29) is 12.7 Å². The Morgan fingerprint density at radius 2 is 1.81 bits per heavy atom. The quantitative estimate of drug-likeness (QED) is 0.583. The van der Waals surface area contributed by atoms with E-state index in [1.54, 1.807) is 0 Å². The Morgan fingerprint density at radius 3 is 2.68 bits per heavy atom. The van der Waals surface area contributed by atoms with Crippen LogP contribution in [0.1, 0.15) is 21.5 Å². The summed E-state index contributed by atoms with van der Waals surface area (Å²) in [6.07, 6.45) is 0. The van der Waals surface area contributed by atoms with Crippen molar-refractivity contribution in [2.45, 2.75) is 18.0 Å². The van der Waals surface area contributed by atoms with Gasteiger partial charge in [0.05, 0.1) is 5.69 Å². The number of ether oxygens (including phenoxy) is 2. The van der Waals surface area contributed by atoms with Crippen LogP contribution in [0.4, 0.5) is 5.69 Å². The summed E-state index contributed by atoms with van der Waals surface area (Å²) in [6.45, 7) is 2.39. The molecule has 31 heavy (non-hydrogen) atoms. The van der Waals surface area contributed by atoms with Crippen LogP contribution in [-0.4, -0.2) is 25.0 Å².